The van der Waals surface area contributed by atoms with Crippen LogP contribution in [0.2, 0.25) is 0 Å². The lowest BCUT2D eigenvalue weighted by Gasteiger charge is -2.28. The third-order valence-electron chi connectivity index (χ3n) is 4.72. The molecule has 0 aromatic carbocycles. The fraction of sp³-hybridized carbons (Fsp3) is 0.562. The van der Waals surface area contributed by atoms with Crippen molar-refractivity contribution in [3.8, 4) is 0 Å². The Morgan fingerprint density at radius 1 is 1.52 bits per heavy atom. The molecule has 0 radical (unpaired) electrons. The van der Waals surface area contributed by atoms with E-state index in [-0.39, 0.29) is 5.92 Å². The number of rotatable bonds is 5. The quantitative estimate of drug-likeness (QED) is 0.917. The summed E-state index contributed by atoms with van der Waals surface area (Å²) in [7, 11) is 0. The number of imidazole rings is 1. The first-order valence-corrected chi connectivity index (χ1v) is 7.48. The molecule has 21 heavy (non-hydrogen) atoms. The average Bonchev–Trinajstić information content (AvgIpc) is 3.19. The standard InChI is InChI=1S/C16H21N3O2/c1-10(2)16(3,15(20)21)9-13-18-12-5-4-8-17-14(12)19(13)11-6-7-11/h4-5,8,10-11H,6-7,9H2,1-3H3,(H,20,21). The second-order valence-corrected chi connectivity index (χ2v) is 6.53. The molecule has 3 rings (SSSR count). The molecule has 0 saturated heterocycles. The molecule has 0 aliphatic heterocycles. The maximum atomic E-state index is 11.7. The van der Waals surface area contributed by atoms with Gasteiger partial charge in [-0.3, -0.25) is 4.79 Å². The van der Waals surface area contributed by atoms with E-state index in [1.165, 1.54) is 0 Å². The number of carboxylic acids is 1. The van der Waals surface area contributed by atoms with E-state index in [9.17, 15) is 9.90 Å². The van der Waals surface area contributed by atoms with Crippen LogP contribution in [0.25, 0.3) is 11.2 Å². The number of hydrogen-bond acceptors (Lipinski definition) is 3. The number of carbonyl (C=O) groups is 1. The van der Waals surface area contributed by atoms with Crippen LogP contribution in [0.15, 0.2) is 18.3 Å². The van der Waals surface area contributed by atoms with Crippen molar-refractivity contribution in [1.29, 1.82) is 0 Å². The van der Waals surface area contributed by atoms with Gasteiger partial charge in [0.15, 0.2) is 5.65 Å². The van der Waals surface area contributed by atoms with Crippen LogP contribution < -0.4 is 0 Å². The molecule has 5 nitrogen and oxygen atoms in total. The third-order valence-corrected chi connectivity index (χ3v) is 4.72. The van der Waals surface area contributed by atoms with Gasteiger partial charge in [-0.25, -0.2) is 9.97 Å². The summed E-state index contributed by atoms with van der Waals surface area (Å²) < 4.78 is 2.15. The van der Waals surface area contributed by atoms with Gasteiger partial charge >= 0.3 is 5.97 Å². The van der Waals surface area contributed by atoms with Gasteiger partial charge < -0.3 is 9.67 Å². The number of aliphatic carboxylic acids is 1. The number of nitrogens with zero attached hydrogens (tertiary/aromatic N) is 3. The van der Waals surface area contributed by atoms with Gasteiger partial charge in [0.1, 0.15) is 11.3 Å². The Labute approximate surface area is 124 Å². The van der Waals surface area contributed by atoms with Gasteiger partial charge in [-0.1, -0.05) is 13.8 Å². The molecule has 1 fully saturated rings. The summed E-state index contributed by atoms with van der Waals surface area (Å²) in [4.78, 5) is 20.8. The maximum absolute atomic E-state index is 11.7. The van der Waals surface area contributed by atoms with Crippen LogP contribution in [-0.4, -0.2) is 25.6 Å². The number of hydrogen-bond donors (Lipinski definition) is 1. The van der Waals surface area contributed by atoms with Crippen molar-refractivity contribution in [3.63, 3.8) is 0 Å². The highest BCUT2D eigenvalue weighted by Crippen LogP contribution is 2.40. The van der Waals surface area contributed by atoms with Crippen molar-refractivity contribution < 1.29 is 9.90 Å². The smallest absolute Gasteiger partial charge is 0.310 e. The van der Waals surface area contributed by atoms with Crippen LogP contribution in [0.5, 0.6) is 0 Å². The first-order chi connectivity index (χ1) is 9.93. The van der Waals surface area contributed by atoms with Crippen LogP contribution in [0.1, 0.15) is 45.5 Å². The zero-order valence-electron chi connectivity index (χ0n) is 12.7. The summed E-state index contributed by atoms with van der Waals surface area (Å²) in [6, 6.07) is 4.25. The lowest BCUT2D eigenvalue weighted by atomic mass is 9.76. The predicted octanol–water partition coefficient (Wildman–Crippen LogP) is 3.06. The van der Waals surface area contributed by atoms with E-state index in [2.05, 4.69) is 14.5 Å². The van der Waals surface area contributed by atoms with Crippen LogP contribution >= 0.6 is 0 Å². The molecule has 112 valence electrons. The van der Waals surface area contributed by atoms with E-state index < -0.39 is 11.4 Å². The molecule has 1 atom stereocenters. The Morgan fingerprint density at radius 2 is 2.24 bits per heavy atom. The van der Waals surface area contributed by atoms with Gasteiger partial charge in [0.05, 0.1) is 5.41 Å². The van der Waals surface area contributed by atoms with E-state index in [1.54, 1.807) is 6.20 Å². The molecule has 1 aliphatic rings. The largest absolute Gasteiger partial charge is 0.481 e. The molecule has 1 unspecified atom stereocenters. The van der Waals surface area contributed by atoms with Crippen molar-refractivity contribution in [2.75, 3.05) is 0 Å². The fourth-order valence-corrected chi connectivity index (χ4v) is 2.67. The monoisotopic (exact) mass is 287 g/mol. The Balaban J connectivity index is 2.08. The minimum absolute atomic E-state index is 0.0374. The molecule has 0 spiro atoms. The van der Waals surface area contributed by atoms with Crippen LogP contribution in [-0.2, 0) is 11.2 Å². The van der Waals surface area contributed by atoms with Gasteiger partial charge in [-0.2, -0.15) is 0 Å². The summed E-state index contributed by atoms with van der Waals surface area (Å²) in [5, 5.41) is 9.63. The highest BCUT2D eigenvalue weighted by Gasteiger charge is 2.40. The SMILES string of the molecule is CC(C)C(C)(Cc1nc2cccnc2n1C1CC1)C(=O)O. The zero-order valence-corrected chi connectivity index (χ0v) is 12.7. The number of aromatic nitrogens is 3. The van der Waals surface area contributed by atoms with Gasteiger partial charge in [0.25, 0.3) is 0 Å². The summed E-state index contributed by atoms with van der Waals surface area (Å²) in [5.41, 5.74) is 0.927. The van der Waals surface area contributed by atoms with Gasteiger partial charge in [0, 0.05) is 18.7 Å². The van der Waals surface area contributed by atoms with E-state index in [1.807, 2.05) is 32.9 Å². The minimum Gasteiger partial charge on any atom is -0.481 e. The van der Waals surface area contributed by atoms with Crippen molar-refractivity contribution in [2.45, 2.75) is 46.1 Å². The summed E-state index contributed by atoms with van der Waals surface area (Å²) in [6.45, 7) is 5.72. The van der Waals surface area contributed by atoms with E-state index >= 15 is 0 Å². The zero-order chi connectivity index (χ0) is 15.2. The molecule has 2 heterocycles. The van der Waals surface area contributed by atoms with E-state index in [0.717, 1.165) is 29.8 Å². The van der Waals surface area contributed by atoms with Crippen LogP contribution in [0.3, 0.4) is 0 Å². The molecule has 1 saturated carbocycles. The normalized spacial score (nSPS) is 18.1. The Hall–Kier alpha value is -1.91. The Morgan fingerprint density at radius 3 is 2.81 bits per heavy atom. The molecule has 2 aromatic heterocycles. The van der Waals surface area contributed by atoms with Crippen molar-refractivity contribution in [3.05, 3.63) is 24.2 Å². The number of carboxylic acid groups (broad SMARTS) is 1. The van der Waals surface area contributed by atoms with Crippen molar-refractivity contribution >= 4 is 17.1 Å². The molecule has 0 bridgehead atoms. The highest BCUT2D eigenvalue weighted by atomic mass is 16.4. The second kappa shape index (κ2) is 4.83. The topological polar surface area (TPSA) is 68.0 Å². The first-order valence-electron chi connectivity index (χ1n) is 7.48. The highest BCUT2D eigenvalue weighted by molar-refractivity contribution is 5.76. The van der Waals surface area contributed by atoms with Gasteiger partial charge in [-0.15, -0.1) is 0 Å². The summed E-state index contributed by atoms with van der Waals surface area (Å²) in [6.07, 6.45) is 4.46. The lowest BCUT2D eigenvalue weighted by Crippen LogP contribution is -2.36. The number of fused-ring (bicyclic) bond motifs is 1. The summed E-state index contributed by atoms with van der Waals surface area (Å²) in [5.74, 6) is 0.125. The predicted molar refractivity (Wildman–Crippen MR) is 80.1 cm³/mol. The Kier molecular flexibility index (Phi) is 3.23. The van der Waals surface area contributed by atoms with Gasteiger partial charge in [0.2, 0.25) is 0 Å². The third kappa shape index (κ3) is 2.30. The first kappa shape index (κ1) is 14.0. The molecule has 1 aliphatic carbocycles. The van der Waals surface area contributed by atoms with Crippen molar-refractivity contribution in [1.82, 2.24) is 14.5 Å². The average molecular weight is 287 g/mol. The molecule has 1 N–H and O–H groups in total. The lowest BCUT2D eigenvalue weighted by molar-refractivity contribution is -0.150. The molecular weight excluding hydrogens is 266 g/mol. The fourth-order valence-electron chi connectivity index (χ4n) is 2.67. The molecular formula is C16H21N3O2. The van der Waals surface area contributed by atoms with Crippen LogP contribution in [0, 0.1) is 11.3 Å². The van der Waals surface area contributed by atoms with Crippen molar-refractivity contribution in [2.24, 2.45) is 11.3 Å². The molecule has 0 amide bonds. The molecule has 2 aromatic rings. The van der Waals surface area contributed by atoms with E-state index in [4.69, 9.17) is 0 Å². The number of pyridine rings is 1. The minimum atomic E-state index is -0.811. The maximum Gasteiger partial charge on any atom is 0.310 e. The molecule has 5 heteroatoms. The van der Waals surface area contributed by atoms with Crippen LogP contribution in [0.4, 0.5) is 0 Å². The Bertz CT molecular complexity index is 688. The summed E-state index contributed by atoms with van der Waals surface area (Å²) >= 11 is 0. The second-order valence-electron chi connectivity index (χ2n) is 6.53. The van der Waals surface area contributed by atoms with Gasteiger partial charge in [-0.05, 0) is 37.8 Å². The van der Waals surface area contributed by atoms with E-state index in [0.29, 0.717) is 12.5 Å².